The summed E-state index contributed by atoms with van der Waals surface area (Å²) < 4.78 is 0. The number of hydrogen-bond acceptors (Lipinski definition) is 3. The lowest BCUT2D eigenvalue weighted by molar-refractivity contribution is 0.356. The SMILES string of the molecule is CN(N)N(c1ccccc1)c1ccccc1. The van der Waals surface area contributed by atoms with Gasteiger partial charge in [0.05, 0.1) is 11.4 Å². The Bertz CT molecular complexity index is 386. The van der Waals surface area contributed by atoms with Gasteiger partial charge in [0.15, 0.2) is 0 Å². The van der Waals surface area contributed by atoms with Crippen LogP contribution in [0.5, 0.6) is 0 Å². The fourth-order valence-electron chi connectivity index (χ4n) is 1.65. The van der Waals surface area contributed by atoms with Gasteiger partial charge in [0.1, 0.15) is 0 Å². The van der Waals surface area contributed by atoms with Crippen molar-refractivity contribution < 1.29 is 0 Å². The fraction of sp³-hybridized carbons (Fsp3) is 0.0769. The highest BCUT2D eigenvalue weighted by Crippen LogP contribution is 2.24. The highest BCUT2D eigenvalue weighted by Gasteiger charge is 2.10. The summed E-state index contributed by atoms with van der Waals surface area (Å²) in [6, 6.07) is 20.1. The number of rotatable bonds is 3. The van der Waals surface area contributed by atoms with Crippen molar-refractivity contribution in [2.45, 2.75) is 0 Å². The molecule has 3 nitrogen and oxygen atoms in total. The highest BCUT2D eigenvalue weighted by molar-refractivity contribution is 5.61. The highest BCUT2D eigenvalue weighted by atomic mass is 15.7. The first-order valence-corrected chi connectivity index (χ1v) is 5.17. The van der Waals surface area contributed by atoms with E-state index in [1.807, 2.05) is 72.7 Å². The molecule has 3 heteroatoms. The molecule has 2 aromatic carbocycles. The molecular weight excluding hydrogens is 198 g/mol. The first-order chi connectivity index (χ1) is 7.79. The molecular formula is C13H15N3. The van der Waals surface area contributed by atoms with Gasteiger partial charge in [0.2, 0.25) is 0 Å². The average molecular weight is 213 g/mol. The zero-order valence-electron chi connectivity index (χ0n) is 9.25. The second-order valence-electron chi connectivity index (χ2n) is 3.56. The van der Waals surface area contributed by atoms with Crippen molar-refractivity contribution in [3.05, 3.63) is 60.7 Å². The van der Waals surface area contributed by atoms with E-state index in [-0.39, 0.29) is 0 Å². The molecule has 0 atom stereocenters. The summed E-state index contributed by atoms with van der Waals surface area (Å²) in [6.07, 6.45) is 0. The molecule has 0 saturated heterocycles. The molecule has 0 aromatic heterocycles. The smallest absolute Gasteiger partial charge is 0.0593 e. The van der Waals surface area contributed by atoms with Crippen LogP contribution < -0.4 is 10.9 Å². The van der Waals surface area contributed by atoms with E-state index in [4.69, 9.17) is 5.84 Å². The van der Waals surface area contributed by atoms with Crippen LogP contribution in [0.1, 0.15) is 0 Å². The number of hydrazine groups is 2. The lowest BCUT2D eigenvalue weighted by Gasteiger charge is -2.30. The first kappa shape index (κ1) is 10.7. The van der Waals surface area contributed by atoms with Crippen molar-refractivity contribution in [3.63, 3.8) is 0 Å². The zero-order chi connectivity index (χ0) is 11.4. The summed E-state index contributed by atoms with van der Waals surface area (Å²) in [7, 11) is 1.82. The Morgan fingerprint density at radius 1 is 0.750 bits per heavy atom. The van der Waals surface area contributed by atoms with Gasteiger partial charge in [-0.15, -0.1) is 0 Å². The van der Waals surface area contributed by atoms with Crippen LogP contribution >= 0.6 is 0 Å². The van der Waals surface area contributed by atoms with Crippen LogP contribution in [0.15, 0.2) is 60.7 Å². The van der Waals surface area contributed by atoms with Crippen LogP contribution in [0.25, 0.3) is 0 Å². The molecule has 0 bridgehead atoms. The van der Waals surface area contributed by atoms with Gasteiger partial charge in [-0.05, 0) is 24.3 Å². The number of hydrogen-bond donors (Lipinski definition) is 1. The summed E-state index contributed by atoms with van der Waals surface area (Å²) >= 11 is 0. The van der Waals surface area contributed by atoms with Crippen LogP contribution in [0.3, 0.4) is 0 Å². The third kappa shape index (κ3) is 2.21. The Morgan fingerprint density at radius 2 is 1.12 bits per heavy atom. The van der Waals surface area contributed by atoms with Gasteiger partial charge in [-0.1, -0.05) is 36.4 Å². The molecule has 0 saturated carbocycles. The minimum absolute atomic E-state index is 1.04. The van der Waals surface area contributed by atoms with E-state index in [0.717, 1.165) is 11.4 Å². The molecule has 2 aromatic rings. The second kappa shape index (κ2) is 4.79. The van der Waals surface area contributed by atoms with E-state index < -0.39 is 0 Å². The summed E-state index contributed by atoms with van der Waals surface area (Å²) in [5.74, 6) is 5.86. The normalized spacial score (nSPS) is 10.4. The molecule has 0 amide bonds. The van der Waals surface area contributed by atoms with Gasteiger partial charge in [-0.25, -0.2) is 0 Å². The van der Waals surface area contributed by atoms with Crippen LogP contribution in [0.4, 0.5) is 11.4 Å². The maximum absolute atomic E-state index is 5.86. The maximum Gasteiger partial charge on any atom is 0.0593 e. The van der Waals surface area contributed by atoms with Crippen LogP contribution in [-0.2, 0) is 0 Å². The van der Waals surface area contributed by atoms with E-state index in [1.54, 1.807) is 5.12 Å². The van der Waals surface area contributed by atoms with E-state index in [1.165, 1.54) is 0 Å². The van der Waals surface area contributed by atoms with Gasteiger partial charge in [-0.3, -0.25) is 10.9 Å². The van der Waals surface area contributed by atoms with Crippen molar-refractivity contribution in [1.29, 1.82) is 0 Å². The van der Waals surface area contributed by atoms with Gasteiger partial charge in [0, 0.05) is 7.05 Å². The second-order valence-corrected chi connectivity index (χ2v) is 3.56. The first-order valence-electron chi connectivity index (χ1n) is 5.17. The van der Waals surface area contributed by atoms with Gasteiger partial charge < -0.3 is 0 Å². The van der Waals surface area contributed by atoms with E-state index in [9.17, 15) is 0 Å². The third-order valence-electron chi connectivity index (χ3n) is 2.32. The molecule has 0 aliphatic heterocycles. The lowest BCUT2D eigenvalue weighted by Crippen LogP contribution is -2.41. The Labute approximate surface area is 95.7 Å². The monoisotopic (exact) mass is 213 g/mol. The maximum atomic E-state index is 5.86. The number of nitrogens with two attached hydrogens (primary N) is 1. The minimum atomic E-state index is 1.04. The molecule has 0 fully saturated rings. The Kier molecular flexibility index (Phi) is 3.19. The predicted octanol–water partition coefficient (Wildman–Crippen LogP) is 2.55. The predicted molar refractivity (Wildman–Crippen MR) is 67.0 cm³/mol. The quantitative estimate of drug-likeness (QED) is 0.628. The summed E-state index contributed by atoms with van der Waals surface area (Å²) in [5, 5.41) is 3.52. The standard InChI is InChI=1S/C13H15N3/c1-15(14)16(12-8-4-2-5-9-12)13-10-6-3-7-11-13/h2-11H,14H2,1H3. The van der Waals surface area contributed by atoms with Crippen molar-refractivity contribution in [2.24, 2.45) is 5.84 Å². The summed E-state index contributed by atoms with van der Waals surface area (Å²) in [6.45, 7) is 0. The van der Waals surface area contributed by atoms with Crippen molar-refractivity contribution in [1.82, 2.24) is 5.12 Å². The molecule has 82 valence electrons. The average Bonchev–Trinajstić information content (AvgIpc) is 2.31. The van der Waals surface area contributed by atoms with E-state index >= 15 is 0 Å². The summed E-state index contributed by atoms with van der Waals surface area (Å²) in [5.41, 5.74) is 2.08. The Morgan fingerprint density at radius 3 is 1.44 bits per heavy atom. The number of benzene rings is 2. The molecule has 0 unspecified atom stereocenters. The zero-order valence-corrected chi connectivity index (χ0v) is 9.25. The number of anilines is 2. The number of para-hydroxylation sites is 2. The van der Waals surface area contributed by atoms with Crippen molar-refractivity contribution >= 4 is 11.4 Å². The molecule has 0 spiro atoms. The van der Waals surface area contributed by atoms with Gasteiger partial charge in [0.25, 0.3) is 0 Å². The third-order valence-corrected chi connectivity index (χ3v) is 2.32. The van der Waals surface area contributed by atoms with Gasteiger partial charge >= 0.3 is 0 Å². The van der Waals surface area contributed by atoms with Crippen molar-refractivity contribution in [3.8, 4) is 0 Å². The van der Waals surface area contributed by atoms with Gasteiger partial charge in [-0.2, -0.15) is 5.12 Å². The fourth-order valence-corrected chi connectivity index (χ4v) is 1.65. The number of nitrogens with zero attached hydrogens (tertiary/aromatic N) is 2. The topological polar surface area (TPSA) is 32.5 Å². The van der Waals surface area contributed by atoms with Crippen LogP contribution in [-0.4, -0.2) is 12.2 Å². The largest absolute Gasteiger partial charge is 0.261 e. The minimum Gasteiger partial charge on any atom is -0.261 e. The molecule has 0 aliphatic carbocycles. The molecule has 0 heterocycles. The molecule has 16 heavy (non-hydrogen) atoms. The lowest BCUT2D eigenvalue weighted by atomic mass is 10.2. The Hall–Kier alpha value is -1.84. The molecule has 0 radical (unpaired) electrons. The van der Waals surface area contributed by atoms with E-state index in [0.29, 0.717) is 0 Å². The summed E-state index contributed by atoms with van der Waals surface area (Å²) in [4.78, 5) is 0. The molecule has 2 N–H and O–H groups in total. The van der Waals surface area contributed by atoms with Crippen LogP contribution in [0.2, 0.25) is 0 Å². The molecule has 0 aliphatic rings. The van der Waals surface area contributed by atoms with E-state index in [2.05, 4.69) is 0 Å². The van der Waals surface area contributed by atoms with Crippen molar-refractivity contribution in [2.75, 3.05) is 12.1 Å². The van der Waals surface area contributed by atoms with Crippen LogP contribution in [0, 0.1) is 0 Å². The molecule has 2 rings (SSSR count). The Balaban J connectivity index is 2.40.